The smallest absolute Gasteiger partial charge is 0.142 e. The summed E-state index contributed by atoms with van der Waals surface area (Å²) >= 11 is 0. The fourth-order valence-electron chi connectivity index (χ4n) is 4.82. The number of nitrogens with zero attached hydrogens (tertiary/aromatic N) is 4. The van der Waals surface area contributed by atoms with Gasteiger partial charge in [0.15, 0.2) is 0 Å². The summed E-state index contributed by atoms with van der Waals surface area (Å²) in [5.41, 5.74) is 6.55. The normalized spacial score (nSPS) is 17.1. The first-order valence-corrected chi connectivity index (χ1v) is 9.85. The number of hydrogen-bond donors (Lipinski definition) is 1. The van der Waals surface area contributed by atoms with E-state index in [1.807, 2.05) is 6.20 Å². The molecule has 0 spiro atoms. The van der Waals surface area contributed by atoms with E-state index in [4.69, 9.17) is 0 Å². The average molecular weight is 367 g/mol. The molecule has 0 unspecified atom stereocenters. The number of aromatic amines is 1. The molecule has 1 fully saturated rings. The third kappa shape index (κ3) is 2.29. The molecule has 1 N–H and O–H groups in total. The second-order valence-corrected chi connectivity index (χ2v) is 7.54. The number of H-pyrrole nitrogens is 1. The largest absolute Gasteiger partial charge is 0.353 e. The number of benzene rings is 2. The van der Waals surface area contributed by atoms with Crippen molar-refractivity contribution in [2.45, 2.75) is 6.04 Å². The van der Waals surface area contributed by atoms with Gasteiger partial charge in [0.05, 0.1) is 11.4 Å². The zero-order valence-electron chi connectivity index (χ0n) is 15.5. The second-order valence-electron chi connectivity index (χ2n) is 7.54. The molecule has 4 aromatic rings. The van der Waals surface area contributed by atoms with Gasteiger partial charge in [0.2, 0.25) is 0 Å². The second kappa shape index (κ2) is 6.17. The fourth-order valence-corrected chi connectivity index (χ4v) is 4.82. The van der Waals surface area contributed by atoms with Gasteiger partial charge < -0.3 is 9.88 Å². The van der Waals surface area contributed by atoms with Crippen LogP contribution in [0.2, 0.25) is 0 Å². The zero-order chi connectivity index (χ0) is 18.5. The van der Waals surface area contributed by atoms with E-state index in [1.54, 1.807) is 6.33 Å². The Kier molecular flexibility index (Phi) is 3.49. The van der Waals surface area contributed by atoms with E-state index in [9.17, 15) is 0 Å². The molecule has 1 saturated heterocycles. The number of hydrogen-bond acceptors (Lipinski definition) is 4. The topological polar surface area (TPSA) is 48.1 Å². The fraction of sp³-hybridized carbons (Fsp3) is 0.217. The quantitative estimate of drug-likeness (QED) is 0.585. The van der Waals surface area contributed by atoms with E-state index in [1.165, 1.54) is 22.3 Å². The Balaban J connectivity index is 1.30. The van der Waals surface area contributed by atoms with Crippen molar-refractivity contribution in [3.63, 3.8) is 0 Å². The van der Waals surface area contributed by atoms with E-state index < -0.39 is 0 Å². The van der Waals surface area contributed by atoms with E-state index >= 15 is 0 Å². The predicted octanol–water partition coefficient (Wildman–Crippen LogP) is 3.85. The molecule has 0 saturated carbocycles. The van der Waals surface area contributed by atoms with Gasteiger partial charge in [-0.15, -0.1) is 0 Å². The van der Waals surface area contributed by atoms with Crippen LogP contribution < -0.4 is 4.90 Å². The Hall–Kier alpha value is -3.18. The van der Waals surface area contributed by atoms with Crippen LogP contribution in [-0.2, 0) is 0 Å². The van der Waals surface area contributed by atoms with E-state index in [0.717, 1.165) is 43.0 Å². The van der Waals surface area contributed by atoms with Crippen molar-refractivity contribution in [2.24, 2.45) is 0 Å². The monoisotopic (exact) mass is 367 g/mol. The standard InChI is InChI=1S/C23H21N5/c1-3-7-18-16(5-1)17-6-2-4-8-19(17)21(18)27-11-13-28(14-12-27)23-20-9-10-24-22(20)25-15-26-23/h1-10,15,21H,11-14H2,(H,24,25,26). The molecule has 28 heavy (non-hydrogen) atoms. The minimum absolute atomic E-state index is 0.354. The number of fused-ring (bicyclic) bond motifs is 4. The molecule has 5 heteroatoms. The molecule has 2 aromatic carbocycles. The average Bonchev–Trinajstić information content (AvgIpc) is 3.36. The van der Waals surface area contributed by atoms with Gasteiger partial charge in [-0.3, -0.25) is 4.90 Å². The molecule has 5 nitrogen and oxygen atoms in total. The summed E-state index contributed by atoms with van der Waals surface area (Å²) in [4.78, 5) is 17.1. The van der Waals surface area contributed by atoms with Crippen molar-refractivity contribution < 1.29 is 0 Å². The van der Waals surface area contributed by atoms with Crippen molar-refractivity contribution in [2.75, 3.05) is 31.1 Å². The lowest BCUT2D eigenvalue weighted by Gasteiger charge is -2.39. The zero-order valence-corrected chi connectivity index (χ0v) is 15.5. The Morgan fingerprint density at radius 1 is 0.786 bits per heavy atom. The maximum atomic E-state index is 4.57. The lowest BCUT2D eigenvalue weighted by molar-refractivity contribution is 0.215. The van der Waals surface area contributed by atoms with Crippen LogP contribution in [0.4, 0.5) is 5.82 Å². The van der Waals surface area contributed by atoms with Crippen molar-refractivity contribution in [1.29, 1.82) is 0 Å². The van der Waals surface area contributed by atoms with Crippen LogP contribution in [0, 0.1) is 0 Å². The van der Waals surface area contributed by atoms with Crippen LogP contribution in [0.25, 0.3) is 22.2 Å². The Labute approximate surface area is 163 Å². The van der Waals surface area contributed by atoms with Crippen molar-refractivity contribution >= 4 is 16.9 Å². The number of nitrogens with one attached hydrogen (secondary N) is 1. The van der Waals surface area contributed by atoms with Gasteiger partial charge in [-0.2, -0.15) is 0 Å². The summed E-state index contributed by atoms with van der Waals surface area (Å²) in [6, 6.07) is 20.1. The summed E-state index contributed by atoms with van der Waals surface area (Å²) in [7, 11) is 0. The first-order valence-electron chi connectivity index (χ1n) is 9.85. The van der Waals surface area contributed by atoms with Gasteiger partial charge in [0.1, 0.15) is 17.8 Å². The molecule has 0 atom stereocenters. The molecule has 2 aromatic heterocycles. The lowest BCUT2D eigenvalue weighted by atomic mass is 10.0. The highest BCUT2D eigenvalue weighted by Crippen LogP contribution is 2.46. The molecule has 0 amide bonds. The molecule has 0 bridgehead atoms. The first-order chi connectivity index (χ1) is 13.9. The SMILES string of the molecule is c1ccc2c(c1)-c1ccccc1C2N1CCN(c2ncnc3[nH]ccc23)CC1. The first kappa shape index (κ1) is 15.8. The molecule has 1 aliphatic heterocycles. The predicted molar refractivity (Wildman–Crippen MR) is 111 cm³/mol. The number of rotatable bonds is 2. The lowest BCUT2D eigenvalue weighted by Crippen LogP contribution is -2.48. The minimum atomic E-state index is 0.354. The van der Waals surface area contributed by atoms with E-state index in [2.05, 4.69) is 79.3 Å². The highest BCUT2D eigenvalue weighted by atomic mass is 15.3. The molecular formula is C23H21N5. The summed E-state index contributed by atoms with van der Waals surface area (Å²) in [5.74, 6) is 1.04. The Morgan fingerprint density at radius 3 is 2.18 bits per heavy atom. The number of piperazine rings is 1. The van der Waals surface area contributed by atoms with Crippen LogP contribution in [0.15, 0.2) is 67.1 Å². The van der Waals surface area contributed by atoms with E-state index in [-0.39, 0.29) is 0 Å². The Morgan fingerprint density at radius 2 is 1.46 bits per heavy atom. The summed E-state index contributed by atoms with van der Waals surface area (Å²) in [6.45, 7) is 3.97. The highest BCUT2D eigenvalue weighted by Gasteiger charge is 2.34. The molecule has 0 radical (unpaired) electrons. The summed E-state index contributed by atoms with van der Waals surface area (Å²) in [6.07, 6.45) is 3.59. The van der Waals surface area contributed by atoms with Crippen molar-refractivity contribution in [3.05, 3.63) is 78.2 Å². The summed E-state index contributed by atoms with van der Waals surface area (Å²) in [5, 5.41) is 1.10. The van der Waals surface area contributed by atoms with Crippen LogP contribution in [0.3, 0.4) is 0 Å². The van der Waals surface area contributed by atoms with Gasteiger partial charge in [-0.25, -0.2) is 9.97 Å². The van der Waals surface area contributed by atoms with Gasteiger partial charge in [0.25, 0.3) is 0 Å². The van der Waals surface area contributed by atoms with Crippen LogP contribution >= 0.6 is 0 Å². The molecule has 6 rings (SSSR count). The van der Waals surface area contributed by atoms with Crippen LogP contribution in [-0.4, -0.2) is 46.0 Å². The number of aromatic nitrogens is 3. The molecule has 3 heterocycles. The summed E-state index contributed by atoms with van der Waals surface area (Å²) < 4.78 is 0. The molecule has 2 aliphatic rings. The van der Waals surface area contributed by atoms with Gasteiger partial charge in [0, 0.05) is 32.4 Å². The maximum Gasteiger partial charge on any atom is 0.142 e. The third-order valence-electron chi connectivity index (χ3n) is 6.11. The maximum absolute atomic E-state index is 4.57. The van der Waals surface area contributed by atoms with Gasteiger partial charge >= 0.3 is 0 Å². The highest BCUT2D eigenvalue weighted by molar-refractivity contribution is 5.87. The van der Waals surface area contributed by atoms with Gasteiger partial charge in [-0.1, -0.05) is 48.5 Å². The minimum Gasteiger partial charge on any atom is -0.353 e. The Bertz CT molecular complexity index is 1110. The molecule has 138 valence electrons. The van der Waals surface area contributed by atoms with Crippen molar-refractivity contribution in [1.82, 2.24) is 19.9 Å². The van der Waals surface area contributed by atoms with Crippen LogP contribution in [0.5, 0.6) is 0 Å². The van der Waals surface area contributed by atoms with Gasteiger partial charge in [-0.05, 0) is 28.3 Å². The molecule has 1 aliphatic carbocycles. The third-order valence-corrected chi connectivity index (χ3v) is 6.11. The van der Waals surface area contributed by atoms with Crippen molar-refractivity contribution in [3.8, 4) is 11.1 Å². The van der Waals surface area contributed by atoms with Crippen LogP contribution in [0.1, 0.15) is 17.2 Å². The molecular weight excluding hydrogens is 346 g/mol. The van der Waals surface area contributed by atoms with E-state index in [0.29, 0.717) is 6.04 Å². The number of anilines is 1.